The molecule has 5 heteroatoms. The molecule has 138 valence electrons. The van der Waals surface area contributed by atoms with Gasteiger partial charge >= 0.3 is 6.01 Å². The lowest BCUT2D eigenvalue weighted by Gasteiger charge is -2.32. The first kappa shape index (κ1) is 19.7. The topological polar surface area (TPSA) is 66.2 Å². The Hall–Kier alpha value is -1.62. The van der Waals surface area contributed by atoms with Gasteiger partial charge in [-0.25, -0.2) is 0 Å². The van der Waals surface area contributed by atoms with Gasteiger partial charge in [0.25, 0.3) is 0 Å². The quantitative estimate of drug-likeness (QED) is 0.711. The van der Waals surface area contributed by atoms with Gasteiger partial charge in [0, 0.05) is 5.56 Å². The van der Waals surface area contributed by atoms with Crippen LogP contribution in [0.15, 0.2) is 12.1 Å². The van der Waals surface area contributed by atoms with Crippen LogP contribution in [0.4, 0.5) is 0 Å². The smallest absolute Gasteiger partial charge is 0.326 e. The Morgan fingerprint density at radius 3 is 1.64 bits per heavy atom. The minimum Gasteiger partial charge on any atom is -0.507 e. The number of hydrogen-bond acceptors (Lipinski definition) is 5. The molecule has 2 rings (SSSR count). The molecule has 2 aromatic rings. The molecule has 0 bridgehead atoms. The van der Waals surface area contributed by atoms with E-state index >= 15 is 0 Å². The van der Waals surface area contributed by atoms with Gasteiger partial charge < -0.3 is 10.2 Å². The van der Waals surface area contributed by atoms with E-state index in [4.69, 9.17) is 0 Å². The molecule has 0 amide bonds. The SMILES string of the molecule is CC(c1cc(-c2nc(O)ns2)cc(C(C)C(C)(C)C)c1O)C(C)(C)C. The minimum atomic E-state index is -0.205. The molecule has 4 nitrogen and oxygen atoms in total. The van der Waals surface area contributed by atoms with Crippen LogP contribution in [0.3, 0.4) is 0 Å². The summed E-state index contributed by atoms with van der Waals surface area (Å²) in [5, 5.41) is 21.2. The molecule has 0 fully saturated rings. The number of aromatic hydroxyl groups is 2. The fourth-order valence-corrected chi connectivity index (χ4v) is 3.28. The molecule has 0 spiro atoms. The van der Waals surface area contributed by atoms with Crippen LogP contribution in [-0.2, 0) is 0 Å². The molecule has 0 saturated carbocycles. The van der Waals surface area contributed by atoms with Crippen LogP contribution in [0.1, 0.15) is 78.4 Å². The van der Waals surface area contributed by atoms with E-state index in [9.17, 15) is 10.2 Å². The zero-order valence-corrected chi connectivity index (χ0v) is 17.3. The first-order valence-electron chi connectivity index (χ1n) is 8.72. The molecule has 2 atom stereocenters. The summed E-state index contributed by atoms with van der Waals surface area (Å²) >= 11 is 1.17. The molecule has 0 saturated heterocycles. The highest BCUT2D eigenvalue weighted by Gasteiger charge is 2.30. The molecule has 1 heterocycles. The zero-order valence-electron chi connectivity index (χ0n) is 16.5. The summed E-state index contributed by atoms with van der Waals surface area (Å²) in [6.07, 6.45) is 0. The Morgan fingerprint density at radius 2 is 1.32 bits per heavy atom. The summed E-state index contributed by atoms with van der Waals surface area (Å²) in [6.45, 7) is 17.3. The molecule has 25 heavy (non-hydrogen) atoms. The summed E-state index contributed by atoms with van der Waals surface area (Å²) in [4.78, 5) is 4.12. The van der Waals surface area contributed by atoms with Gasteiger partial charge in [-0.1, -0.05) is 55.4 Å². The zero-order chi connectivity index (χ0) is 19.2. The average molecular weight is 363 g/mol. The van der Waals surface area contributed by atoms with E-state index in [1.165, 1.54) is 11.5 Å². The summed E-state index contributed by atoms with van der Waals surface area (Å²) in [5.74, 6) is 0.710. The van der Waals surface area contributed by atoms with E-state index in [2.05, 4.69) is 64.7 Å². The van der Waals surface area contributed by atoms with E-state index in [-0.39, 0.29) is 28.7 Å². The third-order valence-corrected chi connectivity index (χ3v) is 6.12. The molecule has 0 aliphatic heterocycles. The summed E-state index contributed by atoms with van der Waals surface area (Å²) < 4.78 is 3.89. The third-order valence-electron chi connectivity index (χ3n) is 5.36. The Labute approximate surface area is 155 Å². The third kappa shape index (κ3) is 4.14. The van der Waals surface area contributed by atoms with E-state index in [1.54, 1.807) is 0 Å². The van der Waals surface area contributed by atoms with Crippen molar-refractivity contribution in [2.45, 2.75) is 67.2 Å². The van der Waals surface area contributed by atoms with Gasteiger partial charge in [0.15, 0.2) is 0 Å². The maximum atomic E-state index is 11.1. The molecule has 2 N–H and O–H groups in total. The van der Waals surface area contributed by atoms with Crippen LogP contribution < -0.4 is 0 Å². The molecular formula is C20H30N2O2S. The molecule has 0 aliphatic carbocycles. The number of nitrogens with zero attached hydrogens (tertiary/aromatic N) is 2. The summed E-state index contributed by atoms with van der Waals surface area (Å²) in [7, 11) is 0. The highest BCUT2D eigenvalue weighted by atomic mass is 32.1. The first-order valence-corrected chi connectivity index (χ1v) is 9.49. The Morgan fingerprint density at radius 1 is 0.880 bits per heavy atom. The number of phenolic OH excluding ortho intramolecular Hbond substituents is 1. The van der Waals surface area contributed by atoms with Gasteiger partial charge in [-0.05, 0) is 57.5 Å². The maximum absolute atomic E-state index is 11.1. The Kier molecular flexibility index (Phi) is 5.20. The largest absolute Gasteiger partial charge is 0.507 e. The van der Waals surface area contributed by atoms with Crippen LogP contribution in [0, 0.1) is 10.8 Å². The lowest BCUT2D eigenvalue weighted by atomic mass is 9.73. The minimum absolute atomic E-state index is 0.0155. The van der Waals surface area contributed by atoms with E-state index in [0.29, 0.717) is 10.8 Å². The molecule has 1 aromatic carbocycles. The van der Waals surface area contributed by atoms with Gasteiger partial charge in [0.1, 0.15) is 10.8 Å². The lowest BCUT2D eigenvalue weighted by Crippen LogP contribution is -2.18. The van der Waals surface area contributed by atoms with Crippen molar-refractivity contribution in [2.24, 2.45) is 10.8 Å². The summed E-state index contributed by atoms with van der Waals surface area (Å²) in [5.41, 5.74) is 2.77. The Bertz CT molecular complexity index is 713. The van der Waals surface area contributed by atoms with Crippen molar-refractivity contribution in [1.82, 2.24) is 9.36 Å². The van der Waals surface area contributed by atoms with Crippen LogP contribution in [0.2, 0.25) is 0 Å². The maximum Gasteiger partial charge on any atom is 0.326 e. The van der Waals surface area contributed by atoms with E-state index in [0.717, 1.165) is 16.7 Å². The average Bonchev–Trinajstić information content (AvgIpc) is 2.90. The highest BCUT2D eigenvalue weighted by molar-refractivity contribution is 7.09. The standard InChI is InChI=1S/C20H30N2O2S/c1-11(19(3,4)5)14-9-13(17-21-18(24)22-25-17)10-15(16(14)23)12(2)20(6,7)8/h9-12,23H,1-8H3,(H,22,24). The van der Waals surface area contributed by atoms with Crippen molar-refractivity contribution in [2.75, 3.05) is 0 Å². The van der Waals surface area contributed by atoms with Gasteiger partial charge in [-0.2, -0.15) is 4.98 Å². The van der Waals surface area contributed by atoms with E-state index in [1.807, 2.05) is 12.1 Å². The van der Waals surface area contributed by atoms with Crippen molar-refractivity contribution in [3.8, 4) is 22.3 Å². The normalized spacial score (nSPS) is 15.2. The molecular weight excluding hydrogens is 332 g/mol. The molecule has 0 radical (unpaired) electrons. The molecule has 2 unspecified atom stereocenters. The van der Waals surface area contributed by atoms with Gasteiger partial charge in [-0.3, -0.25) is 0 Å². The van der Waals surface area contributed by atoms with Gasteiger partial charge in [0.05, 0.1) is 0 Å². The van der Waals surface area contributed by atoms with Crippen LogP contribution in [-0.4, -0.2) is 19.6 Å². The van der Waals surface area contributed by atoms with Crippen LogP contribution >= 0.6 is 11.5 Å². The fraction of sp³-hybridized carbons (Fsp3) is 0.600. The number of phenols is 1. The summed E-state index contributed by atoms with van der Waals surface area (Å²) in [6, 6.07) is 3.78. The van der Waals surface area contributed by atoms with E-state index < -0.39 is 0 Å². The fourth-order valence-electron chi connectivity index (χ4n) is 2.73. The molecule has 1 aromatic heterocycles. The van der Waals surface area contributed by atoms with Gasteiger partial charge in [-0.15, -0.1) is 4.37 Å². The van der Waals surface area contributed by atoms with Crippen molar-refractivity contribution in [3.63, 3.8) is 0 Å². The van der Waals surface area contributed by atoms with Crippen molar-refractivity contribution in [1.29, 1.82) is 0 Å². The number of hydrogen-bond donors (Lipinski definition) is 2. The second kappa shape index (κ2) is 6.60. The van der Waals surface area contributed by atoms with Crippen LogP contribution in [0.25, 0.3) is 10.6 Å². The van der Waals surface area contributed by atoms with Crippen molar-refractivity contribution in [3.05, 3.63) is 23.3 Å². The predicted molar refractivity (Wildman–Crippen MR) is 104 cm³/mol. The predicted octanol–water partition coefficient (Wildman–Crippen LogP) is 5.92. The van der Waals surface area contributed by atoms with Gasteiger partial charge in [0.2, 0.25) is 0 Å². The van der Waals surface area contributed by atoms with Crippen molar-refractivity contribution >= 4 is 11.5 Å². The second-order valence-corrected chi connectivity index (χ2v) is 9.83. The highest BCUT2D eigenvalue weighted by Crippen LogP contribution is 2.47. The first-order chi connectivity index (χ1) is 11.3. The lowest BCUT2D eigenvalue weighted by molar-refractivity contribution is 0.315. The molecule has 0 aliphatic rings. The number of aromatic nitrogens is 2. The number of rotatable bonds is 3. The Balaban J connectivity index is 2.71. The van der Waals surface area contributed by atoms with Crippen molar-refractivity contribution < 1.29 is 10.2 Å². The second-order valence-electron chi connectivity index (χ2n) is 9.08. The van der Waals surface area contributed by atoms with Crippen LogP contribution in [0.5, 0.6) is 11.8 Å². The number of benzene rings is 1. The monoisotopic (exact) mass is 362 g/mol.